The predicted molar refractivity (Wildman–Crippen MR) is 91.1 cm³/mol. The topological polar surface area (TPSA) is 41.1 Å². The van der Waals surface area contributed by atoms with Gasteiger partial charge >= 0.3 is 0 Å². The molecule has 0 radical (unpaired) electrons. The number of carbonyl (C=O) groups excluding carboxylic acids is 1. The van der Waals surface area contributed by atoms with E-state index < -0.39 is 0 Å². The summed E-state index contributed by atoms with van der Waals surface area (Å²) in [5.74, 6) is 1.30. The molecule has 1 aromatic rings. The molecule has 22 heavy (non-hydrogen) atoms. The lowest BCUT2D eigenvalue weighted by Crippen LogP contribution is -2.40. The van der Waals surface area contributed by atoms with E-state index in [0.29, 0.717) is 11.8 Å². The third kappa shape index (κ3) is 2.70. The van der Waals surface area contributed by atoms with Crippen LogP contribution in [-0.4, -0.2) is 30.8 Å². The van der Waals surface area contributed by atoms with Crippen molar-refractivity contribution in [2.75, 3.05) is 19.6 Å². The smallest absolute Gasteiger partial charge is 0.233 e. The first-order valence-electron chi connectivity index (χ1n) is 8.27. The maximum atomic E-state index is 12.6. The highest BCUT2D eigenvalue weighted by molar-refractivity contribution is 8.00. The van der Waals surface area contributed by atoms with Gasteiger partial charge in [0.1, 0.15) is 0 Å². The van der Waals surface area contributed by atoms with Crippen LogP contribution in [0.25, 0.3) is 6.08 Å². The second-order valence-electron chi connectivity index (χ2n) is 6.51. The molecule has 0 spiro atoms. The minimum atomic E-state index is 0.0530. The highest BCUT2D eigenvalue weighted by atomic mass is 32.2. The third-order valence-electron chi connectivity index (χ3n) is 5.03. The standard InChI is InChI=1S/C18H22N2OS/c21-18(20-11-12-6-8-19-9-7-12)16-10-14-5-4-13-2-1-3-15(22-16)17(13)14/h1-5,12,14,16,19H,6-11H2,(H,20,21). The van der Waals surface area contributed by atoms with Crippen LogP contribution in [0.3, 0.4) is 0 Å². The van der Waals surface area contributed by atoms with Crippen molar-refractivity contribution in [3.05, 3.63) is 35.4 Å². The molecular weight excluding hydrogens is 292 g/mol. The van der Waals surface area contributed by atoms with Crippen molar-refractivity contribution in [1.29, 1.82) is 0 Å². The average molecular weight is 314 g/mol. The Labute approximate surface area is 135 Å². The number of allylic oxidation sites excluding steroid dienone is 1. The zero-order valence-corrected chi connectivity index (χ0v) is 13.5. The number of benzene rings is 1. The van der Waals surface area contributed by atoms with Crippen LogP contribution in [0, 0.1) is 5.92 Å². The van der Waals surface area contributed by atoms with Gasteiger partial charge in [0.15, 0.2) is 0 Å². The Hall–Kier alpha value is -1.26. The highest BCUT2D eigenvalue weighted by Gasteiger charge is 2.33. The lowest BCUT2D eigenvalue weighted by atomic mass is 9.94. The quantitative estimate of drug-likeness (QED) is 0.901. The van der Waals surface area contributed by atoms with Gasteiger partial charge in [-0.1, -0.05) is 24.3 Å². The molecule has 0 saturated carbocycles. The Morgan fingerprint density at radius 2 is 2.18 bits per heavy atom. The summed E-state index contributed by atoms with van der Waals surface area (Å²) in [7, 11) is 0. The van der Waals surface area contributed by atoms with Crippen molar-refractivity contribution < 1.29 is 4.79 Å². The zero-order chi connectivity index (χ0) is 14.9. The zero-order valence-electron chi connectivity index (χ0n) is 12.7. The number of hydrogen-bond donors (Lipinski definition) is 2. The van der Waals surface area contributed by atoms with Gasteiger partial charge in [-0.05, 0) is 55.5 Å². The summed E-state index contributed by atoms with van der Waals surface area (Å²) in [6.07, 6.45) is 7.76. The Morgan fingerprint density at radius 1 is 1.32 bits per heavy atom. The molecular formula is C18H22N2OS. The second-order valence-corrected chi connectivity index (χ2v) is 7.75. The number of nitrogens with one attached hydrogen (secondary N) is 2. The number of amides is 1. The maximum absolute atomic E-state index is 12.6. The molecule has 2 aliphatic heterocycles. The first-order valence-corrected chi connectivity index (χ1v) is 9.15. The maximum Gasteiger partial charge on any atom is 0.233 e. The minimum absolute atomic E-state index is 0.0530. The molecule has 2 N–H and O–H groups in total. The van der Waals surface area contributed by atoms with Crippen molar-refractivity contribution >= 4 is 23.7 Å². The van der Waals surface area contributed by atoms with Gasteiger partial charge in [0.25, 0.3) is 0 Å². The van der Waals surface area contributed by atoms with Gasteiger partial charge in [0.05, 0.1) is 5.25 Å². The van der Waals surface area contributed by atoms with E-state index in [4.69, 9.17) is 0 Å². The molecule has 2 atom stereocenters. The highest BCUT2D eigenvalue weighted by Crippen LogP contribution is 2.47. The van der Waals surface area contributed by atoms with Crippen LogP contribution in [0.15, 0.2) is 29.2 Å². The number of thioether (sulfide) groups is 1. The summed E-state index contributed by atoms with van der Waals surface area (Å²) < 4.78 is 0. The van der Waals surface area contributed by atoms with Crippen molar-refractivity contribution in [2.45, 2.75) is 35.3 Å². The fourth-order valence-electron chi connectivity index (χ4n) is 3.76. The molecule has 0 aromatic heterocycles. The summed E-state index contributed by atoms with van der Waals surface area (Å²) >= 11 is 1.75. The third-order valence-corrected chi connectivity index (χ3v) is 6.33. The fourth-order valence-corrected chi connectivity index (χ4v) is 5.11. The van der Waals surface area contributed by atoms with E-state index in [1.165, 1.54) is 28.9 Å². The van der Waals surface area contributed by atoms with Crippen molar-refractivity contribution in [3.63, 3.8) is 0 Å². The van der Waals surface area contributed by atoms with Crippen molar-refractivity contribution in [2.24, 2.45) is 5.92 Å². The van der Waals surface area contributed by atoms with Gasteiger partial charge in [-0.25, -0.2) is 0 Å². The van der Waals surface area contributed by atoms with Crippen LogP contribution in [-0.2, 0) is 4.79 Å². The average Bonchev–Trinajstić information content (AvgIpc) is 2.98. The Balaban J connectivity index is 1.40. The van der Waals surface area contributed by atoms with Crippen LogP contribution in [0.2, 0.25) is 0 Å². The summed E-state index contributed by atoms with van der Waals surface area (Å²) in [6, 6.07) is 6.44. The van der Waals surface area contributed by atoms with E-state index in [1.807, 2.05) is 0 Å². The Morgan fingerprint density at radius 3 is 3.05 bits per heavy atom. The van der Waals surface area contributed by atoms with Gasteiger partial charge in [-0.2, -0.15) is 0 Å². The van der Waals surface area contributed by atoms with Crippen LogP contribution < -0.4 is 10.6 Å². The molecule has 1 aromatic carbocycles. The van der Waals surface area contributed by atoms with Gasteiger partial charge in [0.2, 0.25) is 5.91 Å². The van der Waals surface area contributed by atoms with E-state index in [2.05, 4.69) is 41.0 Å². The van der Waals surface area contributed by atoms with Gasteiger partial charge in [0, 0.05) is 17.4 Å². The molecule has 1 saturated heterocycles. The molecule has 1 amide bonds. The summed E-state index contributed by atoms with van der Waals surface area (Å²) in [5.41, 5.74) is 2.78. The van der Waals surface area contributed by atoms with E-state index in [9.17, 15) is 4.79 Å². The van der Waals surface area contributed by atoms with Gasteiger partial charge in [-0.3, -0.25) is 4.79 Å². The lowest BCUT2D eigenvalue weighted by molar-refractivity contribution is -0.121. The number of piperidine rings is 1. The molecule has 1 aliphatic carbocycles. The molecule has 1 fully saturated rings. The van der Waals surface area contributed by atoms with Crippen molar-refractivity contribution in [1.82, 2.24) is 10.6 Å². The molecule has 4 rings (SSSR count). The number of carbonyl (C=O) groups is 1. The van der Waals surface area contributed by atoms with E-state index >= 15 is 0 Å². The minimum Gasteiger partial charge on any atom is -0.355 e. The van der Waals surface area contributed by atoms with Crippen LogP contribution in [0.5, 0.6) is 0 Å². The van der Waals surface area contributed by atoms with Crippen LogP contribution in [0.1, 0.15) is 36.3 Å². The second kappa shape index (κ2) is 6.09. The molecule has 3 aliphatic rings. The fraction of sp³-hybridized carbons (Fsp3) is 0.500. The largest absolute Gasteiger partial charge is 0.355 e. The first-order chi connectivity index (χ1) is 10.8. The van der Waals surface area contributed by atoms with Gasteiger partial charge < -0.3 is 10.6 Å². The van der Waals surface area contributed by atoms with Crippen LogP contribution >= 0.6 is 11.8 Å². The predicted octanol–water partition coefficient (Wildman–Crippen LogP) is 2.78. The molecule has 0 bridgehead atoms. The summed E-state index contributed by atoms with van der Waals surface area (Å²) in [6.45, 7) is 3.01. The Kier molecular flexibility index (Phi) is 3.97. The molecule has 2 heterocycles. The molecule has 3 nitrogen and oxygen atoms in total. The monoisotopic (exact) mass is 314 g/mol. The van der Waals surface area contributed by atoms with E-state index in [1.54, 1.807) is 11.8 Å². The van der Waals surface area contributed by atoms with Gasteiger partial charge in [-0.15, -0.1) is 11.8 Å². The molecule has 2 unspecified atom stereocenters. The number of rotatable bonds is 3. The SMILES string of the molecule is O=C(NCC1CCNCC1)C1CC2C=Cc3cccc(c32)S1. The van der Waals surface area contributed by atoms with Crippen LogP contribution in [0.4, 0.5) is 0 Å². The van der Waals surface area contributed by atoms with Crippen molar-refractivity contribution in [3.8, 4) is 0 Å². The summed E-state index contributed by atoms with van der Waals surface area (Å²) in [4.78, 5) is 13.8. The number of hydrogen-bond acceptors (Lipinski definition) is 3. The van der Waals surface area contributed by atoms with E-state index in [-0.39, 0.29) is 11.2 Å². The molecule has 116 valence electrons. The molecule has 4 heteroatoms. The summed E-state index contributed by atoms with van der Waals surface area (Å²) in [5, 5.41) is 6.63. The normalized spacial score (nSPS) is 26.7. The Bertz CT molecular complexity index is 607. The lowest BCUT2D eigenvalue weighted by Gasteiger charge is -2.29. The first kappa shape index (κ1) is 14.3. The van der Waals surface area contributed by atoms with E-state index in [0.717, 1.165) is 26.1 Å².